The first kappa shape index (κ1) is 15.0. The van der Waals surface area contributed by atoms with Gasteiger partial charge >= 0.3 is 5.97 Å². The smallest absolute Gasteiger partial charge is 0.339 e. The van der Waals surface area contributed by atoms with Crippen LogP contribution in [0, 0.1) is 5.41 Å². The van der Waals surface area contributed by atoms with Crippen molar-refractivity contribution < 1.29 is 9.53 Å². The quantitative estimate of drug-likeness (QED) is 0.812. The monoisotopic (exact) mass is 276 g/mol. The van der Waals surface area contributed by atoms with Crippen LogP contribution in [0.4, 0.5) is 0 Å². The van der Waals surface area contributed by atoms with Crippen LogP contribution in [-0.4, -0.2) is 24.6 Å². The predicted molar refractivity (Wildman–Crippen MR) is 78.5 cm³/mol. The lowest BCUT2D eigenvalue weighted by molar-refractivity contribution is 0.0600. The van der Waals surface area contributed by atoms with Crippen LogP contribution < -0.4 is 5.32 Å². The van der Waals surface area contributed by atoms with Crippen LogP contribution in [0.1, 0.15) is 55.1 Å². The lowest BCUT2D eigenvalue weighted by Gasteiger charge is -2.27. The fourth-order valence-corrected chi connectivity index (χ4v) is 3.00. The Morgan fingerprint density at radius 3 is 2.70 bits per heavy atom. The van der Waals surface area contributed by atoms with Crippen molar-refractivity contribution in [3.05, 3.63) is 29.6 Å². The summed E-state index contributed by atoms with van der Waals surface area (Å²) in [5, 5.41) is 3.52. The number of carbonyl (C=O) groups excluding carboxylic acids is 1. The normalized spacial score (nSPS) is 17.1. The molecule has 1 aromatic rings. The number of hydrogen-bond donors (Lipinski definition) is 1. The molecule has 20 heavy (non-hydrogen) atoms. The van der Waals surface area contributed by atoms with Gasteiger partial charge < -0.3 is 10.1 Å². The number of carbonyl (C=O) groups is 1. The number of nitrogens with zero attached hydrogens (tertiary/aromatic N) is 1. The molecule has 0 atom stereocenters. The Morgan fingerprint density at radius 2 is 2.15 bits per heavy atom. The Kier molecular flexibility index (Phi) is 5.12. The van der Waals surface area contributed by atoms with E-state index in [2.05, 4.69) is 22.0 Å². The van der Waals surface area contributed by atoms with E-state index in [0.717, 1.165) is 18.8 Å². The van der Waals surface area contributed by atoms with Gasteiger partial charge in [-0.3, -0.25) is 4.98 Å². The van der Waals surface area contributed by atoms with E-state index < -0.39 is 0 Å². The number of esters is 1. The van der Waals surface area contributed by atoms with Gasteiger partial charge in [-0.1, -0.05) is 19.8 Å². The fraction of sp³-hybridized carbons (Fsp3) is 0.625. The van der Waals surface area contributed by atoms with Crippen LogP contribution >= 0.6 is 0 Å². The molecular formula is C16H24N2O2. The van der Waals surface area contributed by atoms with Crippen molar-refractivity contribution in [3.63, 3.8) is 0 Å². The molecule has 2 rings (SSSR count). The summed E-state index contributed by atoms with van der Waals surface area (Å²) in [7, 11) is 1.38. The summed E-state index contributed by atoms with van der Waals surface area (Å²) in [6.07, 6.45) is 8.22. The Morgan fingerprint density at radius 1 is 1.40 bits per heavy atom. The highest BCUT2D eigenvalue weighted by Gasteiger charge is 2.31. The highest BCUT2D eigenvalue weighted by molar-refractivity contribution is 5.88. The number of ether oxygens (including phenoxy) is 1. The molecule has 4 heteroatoms. The summed E-state index contributed by atoms with van der Waals surface area (Å²) in [4.78, 5) is 15.6. The standard InChI is InChI=1S/C16H24N2O2/c1-3-16(8-4-5-9-16)12-17-11-14-7-6-13(10-18-14)15(19)20-2/h6-7,10,17H,3-5,8-9,11-12H2,1-2H3. The molecule has 1 fully saturated rings. The molecule has 4 nitrogen and oxygen atoms in total. The van der Waals surface area contributed by atoms with Crippen LogP contribution in [-0.2, 0) is 11.3 Å². The van der Waals surface area contributed by atoms with Gasteiger partial charge in [0.1, 0.15) is 0 Å². The number of nitrogens with one attached hydrogen (secondary N) is 1. The van der Waals surface area contributed by atoms with Crippen molar-refractivity contribution >= 4 is 5.97 Å². The van der Waals surface area contributed by atoms with Crippen molar-refractivity contribution in [2.75, 3.05) is 13.7 Å². The highest BCUT2D eigenvalue weighted by atomic mass is 16.5. The minimum absolute atomic E-state index is 0.340. The van der Waals surface area contributed by atoms with E-state index in [1.165, 1.54) is 39.2 Å². The maximum atomic E-state index is 11.3. The third-order valence-electron chi connectivity index (χ3n) is 4.47. The molecule has 1 aliphatic carbocycles. The topological polar surface area (TPSA) is 51.2 Å². The summed E-state index contributed by atoms with van der Waals surface area (Å²) in [6.45, 7) is 4.10. The van der Waals surface area contributed by atoms with Gasteiger partial charge in [-0.15, -0.1) is 0 Å². The first-order valence-corrected chi connectivity index (χ1v) is 7.43. The second-order valence-corrected chi connectivity index (χ2v) is 5.69. The van der Waals surface area contributed by atoms with Crippen LogP contribution in [0.3, 0.4) is 0 Å². The summed E-state index contributed by atoms with van der Waals surface area (Å²) in [5.74, 6) is -0.340. The third-order valence-corrected chi connectivity index (χ3v) is 4.47. The molecule has 1 aliphatic rings. The second-order valence-electron chi connectivity index (χ2n) is 5.69. The first-order chi connectivity index (χ1) is 9.69. The van der Waals surface area contributed by atoms with E-state index >= 15 is 0 Å². The molecule has 0 saturated heterocycles. The van der Waals surface area contributed by atoms with Gasteiger partial charge in [-0.05, 0) is 36.8 Å². The highest BCUT2D eigenvalue weighted by Crippen LogP contribution is 2.40. The zero-order valence-electron chi connectivity index (χ0n) is 12.4. The van der Waals surface area contributed by atoms with Crippen molar-refractivity contribution in [1.29, 1.82) is 0 Å². The van der Waals surface area contributed by atoms with Crippen molar-refractivity contribution in [3.8, 4) is 0 Å². The molecule has 0 amide bonds. The number of hydrogen-bond acceptors (Lipinski definition) is 4. The van der Waals surface area contributed by atoms with E-state index in [1.54, 1.807) is 12.3 Å². The average molecular weight is 276 g/mol. The molecule has 0 radical (unpaired) electrons. The van der Waals surface area contributed by atoms with Gasteiger partial charge in [0.25, 0.3) is 0 Å². The van der Waals surface area contributed by atoms with Crippen molar-refractivity contribution in [2.45, 2.75) is 45.6 Å². The molecule has 0 spiro atoms. The number of rotatable bonds is 6. The average Bonchev–Trinajstić information content (AvgIpc) is 2.96. The largest absolute Gasteiger partial charge is 0.465 e. The maximum Gasteiger partial charge on any atom is 0.339 e. The van der Waals surface area contributed by atoms with Gasteiger partial charge in [0, 0.05) is 19.3 Å². The molecule has 1 aromatic heterocycles. The van der Waals surface area contributed by atoms with Crippen LogP contribution in [0.2, 0.25) is 0 Å². The Bertz CT molecular complexity index is 436. The minimum atomic E-state index is -0.340. The maximum absolute atomic E-state index is 11.3. The van der Waals surface area contributed by atoms with E-state index in [1.807, 2.05) is 6.07 Å². The molecule has 1 heterocycles. The Labute approximate surface area is 120 Å². The summed E-state index contributed by atoms with van der Waals surface area (Å²) < 4.78 is 4.66. The lowest BCUT2D eigenvalue weighted by Crippen LogP contribution is -2.31. The summed E-state index contributed by atoms with van der Waals surface area (Å²) in [6, 6.07) is 3.65. The Hall–Kier alpha value is -1.42. The minimum Gasteiger partial charge on any atom is -0.465 e. The molecule has 0 bridgehead atoms. The Balaban J connectivity index is 1.83. The predicted octanol–water partition coefficient (Wildman–Crippen LogP) is 2.93. The molecule has 110 valence electrons. The van der Waals surface area contributed by atoms with E-state index in [9.17, 15) is 4.79 Å². The molecule has 0 aliphatic heterocycles. The molecule has 1 N–H and O–H groups in total. The van der Waals surface area contributed by atoms with Gasteiger partial charge in [0.15, 0.2) is 0 Å². The van der Waals surface area contributed by atoms with Crippen molar-refractivity contribution in [2.24, 2.45) is 5.41 Å². The zero-order valence-corrected chi connectivity index (χ0v) is 12.4. The van der Waals surface area contributed by atoms with Gasteiger partial charge in [0.2, 0.25) is 0 Å². The molecule has 1 saturated carbocycles. The third kappa shape index (κ3) is 3.57. The van der Waals surface area contributed by atoms with Crippen molar-refractivity contribution in [1.82, 2.24) is 10.3 Å². The van der Waals surface area contributed by atoms with E-state index in [4.69, 9.17) is 0 Å². The molecule has 0 unspecified atom stereocenters. The van der Waals surface area contributed by atoms with Crippen LogP contribution in [0.25, 0.3) is 0 Å². The number of methoxy groups -OCH3 is 1. The van der Waals surface area contributed by atoms with E-state index in [-0.39, 0.29) is 5.97 Å². The molecular weight excluding hydrogens is 252 g/mol. The molecule has 0 aromatic carbocycles. The van der Waals surface area contributed by atoms with E-state index in [0.29, 0.717) is 11.0 Å². The van der Waals surface area contributed by atoms with Gasteiger partial charge in [0.05, 0.1) is 18.4 Å². The lowest BCUT2D eigenvalue weighted by atomic mass is 9.83. The SMILES string of the molecule is CCC1(CNCc2ccc(C(=O)OC)cn2)CCCC1. The number of aromatic nitrogens is 1. The van der Waals surface area contributed by atoms with Crippen LogP contribution in [0.15, 0.2) is 18.3 Å². The fourth-order valence-electron chi connectivity index (χ4n) is 3.00. The van der Waals surface area contributed by atoms with Gasteiger partial charge in [-0.2, -0.15) is 0 Å². The van der Waals surface area contributed by atoms with Crippen LogP contribution in [0.5, 0.6) is 0 Å². The second kappa shape index (κ2) is 6.84. The zero-order chi connectivity index (χ0) is 14.4. The number of pyridine rings is 1. The first-order valence-electron chi connectivity index (χ1n) is 7.43. The van der Waals surface area contributed by atoms with Gasteiger partial charge in [-0.25, -0.2) is 4.79 Å². The summed E-state index contributed by atoms with van der Waals surface area (Å²) >= 11 is 0. The summed E-state index contributed by atoms with van der Waals surface area (Å²) in [5.41, 5.74) is 1.95.